The van der Waals surface area contributed by atoms with Crippen molar-refractivity contribution in [2.75, 3.05) is 18.6 Å². The number of rotatable bonds is 2. The number of carbonyl (C=O) groups excluding carboxylic acids is 2. The molecule has 102 valence electrons. The van der Waals surface area contributed by atoms with Gasteiger partial charge in [0.05, 0.1) is 18.2 Å². The van der Waals surface area contributed by atoms with Crippen molar-refractivity contribution in [2.45, 2.75) is 11.8 Å². The Balaban J connectivity index is 2.58. The molecule has 1 heterocycles. The maximum atomic E-state index is 13.9. The maximum absolute atomic E-state index is 13.9. The molecule has 1 unspecified atom stereocenters. The van der Waals surface area contributed by atoms with Crippen LogP contribution in [0.2, 0.25) is 0 Å². The van der Waals surface area contributed by atoms with Gasteiger partial charge in [0.1, 0.15) is 17.2 Å². The Labute approximate surface area is 112 Å². The first-order chi connectivity index (χ1) is 8.95. The van der Waals surface area contributed by atoms with Crippen LogP contribution >= 0.6 is 11.6 Å². The highest BCUT2D eigenvalue weighted by Gasteiger charge is 2.35. The monoisotopic (exact) mass is 289 g/mol. The normalized spacial score (nSPS) is 18.8. The molecule has 0 saturated carbocycles. The lowest BCUT2D eigenvalue weighted by Crippen LogP contribution is -2.28. The van der Waals surface area contributed by atoms with E-state index in [9.17, 15) is 18.4 Å². The Bertz CT molecular complexity index is 550. The van der Waals surface area contributed by atoms with Crippen LogP contribution in [0.15, 0.2) is 12.1 Å². The minimum Gasteiger partial charge on any atom is -0.465 e. The van der Waals surface area contributed by atoms with Gasteiger partial charge in [0.25, 0.3) is 0 Å². The first-order valence-corrected chi connectivity index (χ1v) is 5.90. The molecule has 0 N–H and O–H groups in total. The van der Waals surface area contributed by atoms with Crippen molar-refractivity contribution in [1.82, 2.24) is 0 Å². The van der Waals surface area contributed by atoms with Crippen LogP contribution in [0.25, 0.3) is 0 Å². The van der Waals surface area contributed by atoms with Gasteiger partial charge in [-0.1, -0.05) is 0 Å². The second-order valence-electron chi connectivity index (χ2n) is 4.05. The van der Waals surface area contributed by atoms with E-state index in [-0.39, 0.29) is 13.0 Å². The minimum atomic E-state index is -1.04. The summed E-state index contributed by atoms with van der Waals surface area (Å²) < 4.78 is 32.0. The second-order valence-corrected chi connectivity index (χ2v) is 4.67. The molecule has 1 aromatic rings. The molecule has 1 amide bonds. The number of benzene rings is 1. The first kappa shape index (κ1) is 13.7. The van der Waals surface area contributed by atoms with E-state index < -0.39 is 40.1 Å². The van der Waals surface area contributed by atoms with Crippen molar-refractivity contribution in [3.8, 4) is 0 Å². The number of halogens is 3. The van der Waals surface area contributed by atoms with E-state index in [1.807, 2.05) is 0 Å². The van der Waals surface area contributed by atoms with Crippen LogP contribution in [0, 0.1) is 11.6 Å². The van der Waals surface area contributed by atoms with E-state index in [0.717, 1.165) is 24.1 Å². The minimum absolute atomic E-state index is 0.0120. The molecule has 4 nitrogen and oxygen atoms in total. The SMILES string of the molecule is COC(=O)c1c(F)ccc(F)c1N1CC(Cl)CC1=O. The fourth-order valence-corrected chi connectivity index (χ4v) is 2.25. The summed E-state index contributed by atoms with van der Waals surface area (Å²) in [7, 11) is 1.05. The number of alkyl halides is 1. The zero-order chi connectivity index (χ0) is 14.2. The highest BCUT2D eigenvalue weighted by atomic mass is 35.5. The number of carbonyl (C=O) groups is 2. The summed E-state index contributed by atoms with van der Waals surface area (Å²) >= 11 is 5.81. The van der Waals surface area contributed by atoms with Gasteiger partial charge in [-0.2, -0.15) is 0 Å². The van der Waals surface area contributed by atoms with Crippen molar-refractivity contribution in [3.05, 3.63) is 29.3 Å². The summed E-state index contributed by atoms with van der Waals surface area (Å²) in [6.45, 7) is 0.0186. The fourth-order valence-electron chi connectivity index (χ4n) is 1.98. The average Bonchev–Trinajstić information content (AvgIpc) is 2.69. The molecule has 0 aromatic heterocycles. The third-order valence-electron chi connectivity index (χ3n) is 2.82. The summed E-state index contributed by atoms with van der Waals surface area (Å²) in [5, 5.41) is -0.499. The third-order valence-corrected chi connectivity index (χ3v) is 3.11. The standard InChI is InChI=1S/C12H10ClF2NO3/c1-19-12(18)10-7(14)2-3-8(15)11(10)16-5-6(13)4-9(16)17/h2-3,6H,4-5H2,1H3. The lowest BCUT2D eigenvalue weighted by Gasteiger charge is -2.19. The van der Waals surface area contributed by atoms with E-state index in [2.05, 4.69) is 4.74 Å². The summed E-state index contributed by atoms with van der Waals surface area (Å²) in [5.41, 5.74) is -1.01. The molecule has 7 heteroatoms. The molecule has 1 aliphatic rings. The maximum Gasteiger partial charge on any atom is 0.343 e. The van der Waals surface area contributed by atoms with Gasteiger partial charge in [0, 0.05) is 13.0 Å². The molecule has 1 aliphatic heterocycles. The predicted molar refractivity (Wildman–Crippen MR) is 64.3 cm³/mol. The fraction of sp³-hybridized carbons (Fsp3) is 0.333. The van der Waals surface area contributed by atoms with Crippen molar-refractivity contribution in [2.24, 2.45) is 0 Å². The summed E-state index contributed by atoms with van der Waals surface area (Å²) in [5.74, 6) is -3.33. The van der Waals surface area contributed by atoms with E-state index in [0.29, 0.717) is 0 Å². The van der Waals surface area contributed by atoms with Crippen molar-refractivity contribution < 1.29 is 23.1 Å². The second kappa shape index (κ2) is 5.13. The van der Waals surface area contributed by atoms with Gasteiger partial charge in [0.15, 0.2) is 0 Å². The molecule has 1 atom stereocenters. The lowest BCUT2D eigenvalue weighted by molar-refractivity contribution is -0.117. The van der Waals surface area contributed by atoms with Crippen LogP contribution < -0.4 is 4.90 Å². The highest BCUT2D eigenvalue weighted by molar-refractivity contribution is 6.24. The van der Waals surface area contributed by atoms with Crippen LogP contribution in [-0.4, -0.2) is 30.9 Å². The van der Waals surface area contributed by atoms with E-state index in [4.69, 9.17) is 11.6 Å². The van der Waals surface area contributed by atoms with Crippen LogP contribution in [0.3, 0.4) is 0 Å². The topological polar surface area (TPSA) is 46.6 Å². The number of anilines is 1. The number of esters is 1. The summed E-state index contributed by atoms with van der Waals surface area (Å²) in [6, 6.07) is 1.66. The highest BCUT2D eigenvalue weighted by Crippen LogP contribution is 2.32. The van der Waals surface area contributed by atoms with Crippen LogP contribution in [0.5, 0.6) is 0 Å². The van der Waals surface area contributed by atoms with Crippen LogP contribution in [0.1, 0.15) is 16.8 Å². The van der Waals surface area contributed by atoms with Gasteiger partial charge in [-0.3, -0.25) is 4.79 Å². The van der Waals surface area contributed by atoms with Gasteiger partial charge in [0.2, 0.25) is 5.91 Å². The lowest BCUT2D eigenvalue weighted by atomic mass is 10.1. The molecule has 0 aliphatic carbocycles. The van der Waals surface area contributed by atoms with Crippen LogP contribution in [-0.2, 0) is 9.53 Å². The molecule has 1 fully saturated rings. The smallest absolute Gasteiger partial charge is 0.343 e. The first-order valence-electron chi connectivity index (χ1n) is 5.46. The average molecular weight is 290 g/mol. The largest absolute Gasteiger partial charge is 0.465 e. The zero-order valence-electron chi connectivity index (χ0n) is 9.95. The van der Waals surface area contributed by atoms with Gasteiger partial charge in [-0.05, 0) is 12.1 Å². The van der Waals surface area contributed by atoms with Crippen molar-refractivity contribution in [1.29, 1.82) is 0 Å². The number of nitrogens with zero attached hydrogens (tertiary/aromatic N) is 1. The molecular weight excluding hydrogens is 280 g/mol. The molecule has 0 spiro atoms. The Morgan fingerprint density at radius 1 is 1.42 bits per heavy atom. The number of hydrogen-bond donors (Lipinski definition) is 0. The van der Waals surface area contributed by atoms with Crippen molar-refractivity contribution in [3.63, 3.8) is 0 Å². The molecule has 1 aromatic carbocycles. The number of hydrogen-bond acceptors (Lipinski definition) is 3. The Morgan fingerprint density at radius 3 is 2.58 bits per heavy atom. The van der Waals surface area contributed by atoms with Gasteiger partial charge >= 0.3 is 5.97 Å². The predicted octanol–water partition coefficient (Wildman–Crippen LogP) is 2.10. The summed E-state index contributed by atoms with van der Waals surface area (Å²) in [6.07, 6.45) is 0.0120. The third kappa shape index (κ3) is 2.40. The number of methoxy groups -OCH3 is 1. The molecular formula is C12H10ClF2NO3. The molecule has 19 heavy (non-hydrogen) atoms. The summed E-state index contributed by atoms with van der Waals surface area (Å²) in [4.78, 5) is 24.2. The Hall–Kier alpha value is -1.69. The quantitative estimate of drug-likeness (QED) is 0.619. The van der Waals surface area contributed by atoms with Gasteiger partial charge in [-0.25, -0.2) is 13.6 Å². The number of ether oxygens (including phenoxy) is 1. The molecule has 0 bridgehead atoms. The van der Waals surface area contributed by atoms with Crippen molar-refractivity contribution >= 4 is 29.2 Å². The van der Waals surface area contributed by atoms with Gasteiger partial charge in [-0.15, -0.1) is 11.6 Å². The van der Waals surface area contributed by atoms with E-state index >= 15 is 0 Å². The van der Waals surface area contributed by atoms with E-state index in [1.165, 1.54) is 0 Å². The number of amides is 1. The Kier molecular flexibility index (Phi) is 3.71. The Morgan fingerprint density at radius 2 is 2.05 bits per heavy atom. The van der Waals surface area contributed by atoms with Gasteiger partial charge < -0.3 is 9.64 Å². The molecule has 1 saturated heterocycles. The zero-order valence-corrected chi connectivity index (χ0v) is 10.7. The molecule has 2 rings (SSSR count). The van der Waals surface area contributed by atoms with Crippen LogP contribution in [0.4, 0.5) is 14.5 Å². The molecule has 0 radical (unpaired) electrons. The van der Waals surface area contributed by atoms with E-state index in [1.54, 1.807) is 0 Å².